The summed E-state index contributed by atoms with van der Waals surface area (Å²) in [5, 5.41) is 8.94. The van der Waals surface area contributed by atoms with E-state index in [-0.39, 0.29) is 18.5 Å². The lowest BCUT2D eigenvalue weighted by Gasteiger charge is -2.38. The van der Waals surface area contributed by atoms with Crippen molar-refractivity contribution in [1.29, 1.82) is 0 Å². The van der Waals surface area contributed by atoms with E-state index in [1.54, 1.807) is 11.8 Å². The molecule has 0 saturated carbocycles. The molecule has 1 atom stereocenters. The molecule has 1 aliphatic heterocycles. The maximum Gasteiger partial charge on any atom is 0.419 e. The molecule has 1 fully saturated rings. The molecule has 0 aliphatic carbocycles. The van der Waals surface area contributed by atoms with Crippen LogP contribution in [0.5, 0.6) is 0 Å². The van der Waals surface area contributed by atoms with E-state index in [0.29, 0.717) is 13.1 Å². The maximum atomic E-state index is 12.4. The van der Waals surface area contributed by atoms with Crippen LogP contribution in [0.2, 0.25) is 0 Å². The average molecular weight is 290 g/mol. The van der Waals surface area contributed by atoms with Gasteiger partial charge in [-0.25, -0.2) is 14.8 Å². The van der Waals surface area contributed by atoms with Crippen LogP contribution in [-0.4, -0.2) is 51.7 Å². The molecule has 6 nitrogen and oxygen atoms in total. The Labute approximate surface area is 112 Å². The molecule has 0 aromatic carbocycles. The largest absolute Gasteiger partial charge is 0.465 e. The van der Waals surface area contributed by atoms with Crippen LogP contribution < -0.4 is 4.90 Å². The highest BCUT2D eigenvalue weighted by Gasteiger charge is 2.32. The second-order valence-corrected chi connectivity index (χ2v) is 4.54. The van der Waals surface area contributed by atoms with E-state index in [9.17, 15) is 18.0 Å². The van der Waals surface area contributed by atoms with Crippen molar-refractivity contribution in [2.45, 2.75) is 19.1 Å². The van der Waals surface area contributed by atoms with Crippen molar-refractivity contribution in [1.82, 2.24) is 14.9 Å². The van der Waals surface area contributed by atoms with Crippen molar-refractivity contribution >= 4 is 12.0 Å². The second kappa shape index (κ2) is 5.14. The van der Waals surface area contributed by atoms with Crippen LogP contribution in [0.1, 0.15) is 12.5 Å². The third kappa shape index (κ3) is 2.91. The second-order valence-electron chi connectivity index (χ2n) is 4.54. The van der Waals surface area contributed by atoms with Gasteiger partial charge in [-0.3, -0.25) is 0 Å². The van der Waals surface area contributed by atoms with E-state index in [4.69, 9.17) is 5.11 Å². The van der Waals surface area contributed by atoms with Crippen molar-refractivity contribution in [3.8, 4) is 0 Å². The van der Waals surface area contributed by atoms with Crippen LogP contribution in [0.25, 0.3) is 0 Å². The van der Waals surface area contributed by atoms with Gasteiger partial charge in [0, 0.05) is 38.1 Å². The van der Waals surface area contributed by atoms with Gasteiger partial charge >= 0.3 is 12.3 Å². The molecule has 0 spiro atoms. The van der Waals surface area contributed by atoms with Gasteiger partial charge < -0.3 is 14.9 Å². The summed E-state index contributed by atoms with van der Waals surface area (Å²) in [5.74, 6) is 0.176. The lowest BCUT2D eigenvalue weighted by Crippen LogP contribution is -2.54. The first-order chi connectivity index (χ1) is 9.29. The van der Waals surface area contributed by atoms with Crippen molar-refractivity contribution < 1.29 is 23.1 Å². The summed E-state index contributed by atoms with van der Waals surface area (Å²) in [6.07, 6.45) is -4.01. The standard InChI is InChI=1S/C11H13F3N4O2/c1-7-6-17(2-3-18(7)10(19)20)9-15-4-8(5-16-9)11(12,13)14/h4-5,7H,2-3,6H2,1H3,(H,19,20). The number of alkyl halides is 3. The normalized spacial score (nSPS) is 20.1. The van der Waals surface area contributed by atoms with Gasteiger partial charge in [-0.05, 0) is 6.92 Å². The quantitative estimate of drug-likeness (QED) is 0.852. The Morgan fingerprint density at radius 1 is 1.35 bits per heavy atom. The van der Waals surface area contributed by atoms with Crippen molar-refractivity contribution in [3.05, 3.63) is 18.0 Å². The zero-order valence-electron chi connectivity index (χ0n) is 10.6. The number of piperazine rings is 1. The highest BCUT2D eigenvalue weighted by molar-refractivity contribution is 5.66. The van der Waals surface area contributed by atoms with Crippen LogP contribution in [0.15, 0.2) is 12.4 Å². The van der Waals surface area contributed by atoms with Crippen molar-refractivity contribution in [3.63, 3.8) is 0 Å². The summed E-state index contributed by atoms with van der Waals surface area (Å²) in [7, 11) is 0. The molecule has 1 amide bonds. The van der Waals surface area contributed by atoms with E-state index in [2.05, 4.69) is 9.97 Å². The average Bonchev–Trinajstić information content (AvgIpc) is 2.37. The molecule has 1 unspecified atom stereocenters. The Morgan fingerprint density at radius 3 is 2.40 bits per heavy atom. The Morgan fingerprint density at radius 2 is 1.95 bits per heavy atom. The molecule has 0 bridgehead atoms. The third-order valence-electron chi connectivity index (χ3n) is 3.12. The minimum Gasteiger partial charge on any atom is -0.465 e. The van der Waals surface area contributed by atoms with Crippen LogP contribution in [0.3, 0.4) is 0 Å². The van der Waals surface area contributed by atoms with E-state index < -0.39 is 17.8 Å². The minimum atomic E-state index is -4.46. The van der Waals surface area contributed by atoms with Crippen LogP contribution in [0.4, 0.5) is 23.9 Å². The maximum absolute atomic E-state index is 12.4. The Kier molecular flexibility index (Phi) is 3.69. The summed E-state index contributed by atoms with van der Waals surface area (Å²) in [4.78, 5) is 21.3. The lowest BCUT2D eigenvalue weighted by molar-refractivity contribution is -0.138. The van der Waals surface area contributed by atoms with Gasteiger partial charge in [0.15, 0.2) is 0 Å². The van der Waals surface area contributed by atoms with Gasteiger partial charge in [-0.15, -0.1) is 0 Å². The molecule has 110 valence electrons. The number of rotatable bonds is 1. The lowest BCUT2D eigenvalue weighted by atomic mass is 10.2. The number of anilines is 1. The Balaban J connectivity index is 2.08. The van der Waals surface area contributed by atoms with Gasteiger partial charge in [-0.2, -0.15) is 13.2 Å². The summed E-state index contributed by atoms with van der Waals surface area (Å²) >= 11 is 0. The number of nitrogens with zero attached hydrogens (tertiary/aromatic N) is 4. The molecular formula is C11H13F3N4O2. The van der Waals surface area contributed by atoms with E-state index >= 15 is 0 Å². The van der Waals surface area contributed by atoms with Crippen molar-refractivity contribution in [2.75, 3.05) is 24.5 Å². The number of hydrogen-bond acceptors (Lipinski definition) is 4. The first-order valence-electron chi connectivity index (χ1n) is 5.93. The molecule has 2 heterocycles. The molecule has 20 heavy (non-hydrogen) atoms. The first-order valence-corrected chi connectivity index (χ1v) is 5.93. The fraction of sp³-hybridized carbons (Fsp3) is 0.545. The zero-order valence-corrected chi connectivity index (χ0v) is 10.6. The Bertz CT molecular complexity index is 491. The number of amides is 1. The number of carboxylic acid groups (broad SMARTS) is 1. The van der Waals surface area contributed by atoms with Gasteiger partial charge in [0.05, 0.1) is 5.56 Å². The molecule has 0 radical (unpaired) electrons. The highest BCUT2D eigenvalue weighted by Crippen LogP contribution is 2.28. The molecule has 1 aliphatic rings. The summed E-state index contributed by atoms with van der Waals surface area (Å²) in [6.45, 7) is 2.69. The van der Waals surface area contributed by atoms with Crippen LogP contribution in [0, 0.1) is 0 Å². The predicted octanol–water partition coefficient (Wildman–Crippen LogP) is 1.68. The number of carbonyl (C=O) groups is 1. The van der Waals surface area contributed by atoms with E-state index in [1.807, 2.05) is 0 Å². The summed E-state index contributed by atoms with van der Waals surface area (Å²) < 4.78 is 37.2. The van der Waals surface area contributed by atoms with Crippen LogP contribution >= 0.6 is 0 Å². The molecule has 2 rings (SSSR count). The first kappa shape index (κ1) is 14.4. The number of aromatic nitrogens is 2. The number of halogens is 3. The zero-order chi connectivity index (χ0) is 14.9. The Hall–Kier alpha value is -2.06. The number of hydrogen-bond donors (Lipinski definition) is 1. The molecule has 1 aromatic heterocycles. The molecule has 1 saturated heterocycles. The van der Waals surface area contributed by atoms with E-state index in [1.165, 1.54) is 4.90 Å². The third-order valence-corrected chi connectivity index (χ3v) is 3.12. The summed E-state index contributed by atoms with van der Waals surface area (Å²) in [5.41, 5.74) is -0.904. The summed E-state index contributed by atoms with van der Waals surface area (Å²) in [6, 6.07) is -0.271. The highest BCUT2D eigenvalue weighted by atomic mass is 19.4. The minimum absolute atomic E-state index is 0.176. The van der Waals surface area contributed by atoms with Gasteiger partial charge in [0.1, 0.15) is 0 Å². The molecule has 9 heteroatoms. The van der Waals surface area contributed by atoms with Crippen molar-refractivity contribution in [2.24, 2.45) is 0 Å². The van der Waals surface area contributed by atoms with Gasteiger partial charge in [-0.1, -0.05) is 0 Å². The monoisotopic (exact) mass is 290 g/mol. The van der Waals surface area contributed by atoms with Gasteiger partial charge in [0.25, 0.3) is 0 Å². The van der Waals surface area contributed by atoms with E-state index in [0.717, 1.165) is 12.4 Å². The molecular weight excluding hydrogens is 277 g/mol. The fourth-order valence-corrected chi connectivity index (χ4v) is 2.05. The molecule has 1 N–H and O–H groups in total. The predicted molar refractivity (Wildman–Crippen MR) is 63.4 cm³/mol. The fourth-order valence-electron chi connectivity index (χ4n) is 2.05. The van der Waals surface area contributed by atoms with Gasteiger partial charge in [0.2, 0.25) is 5.95 Å². The topological polar surface area (TPSA) is 69.6 Å². The molecule has 1 aromatic rings. The smallest absolute Gasteiger partial charge is 0.419 e. The van der Waals surface area contributed by atoms with Crippen LogP contribution in [-0.2, 0) is 6.18 Å². The SMILES string of the molecule is CC1CN(c2ncc(C(F)(F)F)cn2)CCN1C(=O)O.